The Kier molecular flexibility index (Phi) is 5.32. The van der Waals surface area contributed by atoms with Gasteiger partial charge in [0, 0.05) is 11.1 Å². The molecule has 0 saturated carbocycles. The van der Waals surface area contributed by atoms with Crippen molar-refractivity contribution in [3.05, 3.63) is 66.0 Å². The monoisotopic (exact) mass is 317 g/mol. The van der Waals surface area contributed by atoms with Crippen molar-refractivity contribution >= 4 is 0 Å². The van der Waals surface area contributed by atoms with Crippen LogP contribution in [-0.2, 0) is 12.8 Å². The maximum atomic E-state index is 4.64. The second-order valence-corrected chi connectivity index (χ2v) is 6.03. The first-order valence-corrected chi connectivity index (χ1v) is 8.67. The van der Waals surface area contributed by atoms with Crippen molar-refractivity contribution in [2.75, 3.05) is 0 Å². The highest BCUT2D eigenvalue weighted by Crippen LogP contribution is 2.20. The lowest BCUT2D eigenvalue weighted by molar-refractivity contribution is 0.921. The molecule has 0 aliphatic rings. The molecule has 0 spiro atoms. The molecule has 0 unspecified atom stereocenters. The zero-order valence-corrected chi connectivity index (χ0v) is 14.4. The van der Waals surface area contributed by atoms with Gasteiger partial charge >= 0.3 is 0 Å². The highest BCUT2D eigenvalue weighted by molar-refractivity contribution is 5.60. The molecule has 0 fully saturated rings. The fourth-order valence-corrected chi connectivity index (χ4v) is 2.79. The SMILES string of the molecule is CCCc1ccc(-c2ncnc(-c3ccc(CCC)cc3)n2)cc1. The molecule has 0 amide bonds. The summed E-state index contributed by atoms with van der Waals surface area (Å²) in [6, 6.07) is 17.0. The summed E-state index contributed by atoms with van der Waals surface area (Å²) in [5.74, 6) is 1.45. The summed E-state index contributed by atoms with van der Waals surface area (Å²) in [5.41, 5.74) is 4.76. The van der Waals surface area contributed by atoms with E-state index < -0.39 is 0 Å². The first-order chi connectivity index (χ1) is 11.8. The normalized spacial score (nSPS) is 10.8. The quantitative estimate of drug-likeness (QED) is 0.634. The summed E-state index contributed by atoms with van der Waals surface area (Å²) < 4.78 is 0. The number of aromatic nitrogens is 3. The van der Waals surface area contributed by atoms with Crippen LogP contribution in [0.25, 0.3) is 22.8 Å². The third-order valence-corrected chi connectivity index (χ3v) is 4.07. The Bertz CT molecular complexity index is 712. The molecule has 24 heavy (non-hydrogen) atoms. The molecule has 3 nitrogen and oxygen atoms in total. The van der Waals surface area contributed by atoms with Crippen LogP contribution < -0.4 is 0 Å². The van der Waals surface area contributed by atoms with Crippen molar-refractivity contribution in [2.24, 2.45) is 0 Å². The molecule has 0 saturated heterocycles. The van der Waals surface area contributed by atoms with Gasteiger partial charge < -0.3 is 0 Å². The third kappa shape index (κ3) is 3.85. The minimum atomic E-state index is 0.723. The van der Waals surface area contributed by atoms with Gasteiger partial charge in [-0.15, -0.1) is 0 Å². The van der Waals surface area contributed by atoms with Gasteiger partial charge in [0.15, 0.2) is 11.6 Å². The largest absolute Gasteiger partial charge is 0.217 e. The Morgan fingerprint density at radius 3 is 1.42 bits per heavy atom. The van der Waals surface area contributed by atoms with Crippen LogP contribution in [0.5, 0.6) is 0 Å². The van der Waals surface area contributed by atoms with Gasteiger partial charge in [0.2, 0.25) is 0 Å². The van der Waals surface area contributed by atoms with Crippen molar-refractivity contribution in [3.8, 4) is 22.8 Å². The molecule has 0 atom stereocenters. The lowest BCUT2D eigenvalue weighted by Gasteiger charge is -2.05. The van der Waals surface area contributed by atoms with Gasteiger partial charge in [0.05, 0.1) is 0 Å². The molecule has 1 aromatic heterocycles. The predicted molar refractivity (Wildman–Crippen MR) is 98.7 cm³/mol. The van der Waals surface area contributed by atoms with E-state index in [1.807, 2.05) is 0 Å². The third-order valence-electron chi connectivity index (χ3n) is 4.07. The van der Waals surface area contributed by atoms with E-state index in [0.29, 0.717) is 0 Å². The average molecular weight is 317 g/mol. The predicted octanol–water partition coefficient (Wildman–Crippen LogP) is 5.11. The summed E-state index contributed by atoms with van der Waals surface area (Å²) in [4.78, 5) is 13.3. The maximum absolute atomic E-state index is 4.64. The van der Waals surface area contributed by atoms with Crippen molar-refractivity contribution in [2.45, 2.75) is 39.5 Å². The molecule has 0 bridgehead atoms. The standard InChI is InChI=1S/C21H23N3/c1-3-5-16-7-11-18(12-8-16)20-22-15-23-21(24-20)19-13-9-17(6-4-2)10-14-19/h7-15H,3-6H2,1-2H3. The van der Waals surface area contributed by atoms with Crippen molar-refractivity contribution in [3.63, 3.8) is 0 Å². The van der Waals surface area contributed by atoms with Crippen LogP contribution in [0.3, 0.4) is 0 Å². The summed E-state index contributed by atoms with van der Waals surface area (Å²) >= 11 is 0. The fourth-order valence-electron chi connectivity index (χ4n) is 2.79. The Morgan fingerprint density at radius 2 is 1.04 bits per heavy atom. The number of hydrogen-bond acceptors (Lipinski definition) is 3. The molecule has 2 aromatic carbocycles. The van der Waals surface area contributed by atoms with E-state index in [4.69, 9.17) is 0 Å². The summed E-state index contributed by atoms with van der Waals surface area (Å²) in [6.07, 6.45) is 6.11. The second kappa shape index (κ2) is 7.82. The second-order valence-electron chi connectivity index (χ2n) is 6.03. The number of aryl methyl sites for hydroxylation is 2. The van der Waals surface area contributed by atoms with E-state index in [1.54, 1.807) is 6.33 Å². The Labute approximate surface area is 143 Å². The van der Waals surface area contributed by atoms with E-state index in [0.717, 1.165) is 48.5 Å². The van der Waals surface area contributed by atoms with Gasteiger partial charge in [-0.3, -0.25) is 0 Å². The average Bonchev–Trinajstić information content (AvgIpc) is 2.64. The van der Waals surface area contributed by atoms with Crippen LogP contribution in [0.2, 0.25) is 0 Å². The Morgan fingerprint density at radius 1 is 0.625 bits per heavy atom. The maximum Gasteiger partial charge on any atom is 0.163 e. The van der Waals surface area contributed by atoms with Crippen molar-refractivity contribution in [1.82, 2.24) is 15.0 Å². The molecule has 0 N–H and O–H groups in total. The molecule has 3 rings (SSSR count). The van der Waals surface area contributed by atoms with E-state index in [2.05, 4.69) is 77.3 Å². The molecule has 0 aliphatic heterocycles. The molecular weight excluding hydrogens is 294 g/mol. The van der Waals surface area contributed by atoms with Crippen LogP contribution >= 0.6 is 0 Å². The van der Waals surface area contributed by atoms with Crippen LogP contribution in [0, 0.1) is 0 Å². The van der Waals surface area contributed by atoms with Crippen LogP contribution in [0.1, 0.15) is 37.8 Å². The highest BCUT2D eigenvalue weighted by Gasteiger charge is 2.06. The van der Waals surface area contributed by atoms with E-state index in [-0.39, 0.29) is 0 Å². The van der Waals surface area contributed by atoms with Crippen LogP contribution in [0.4, 0.5) is 0 Å². The number of hydrogen-bond donors (Lipinski definition) is 0. The van der Waals surface area contributed by atoms with Gasteiger partial charge in [-0.2, -0.15) is 0 Å². The Balaban J connectivity index is 1.85. The topological polar surface area (TPSA) is 38.7 Å². The zero-order chi connectivity index (χ0) is 16.8. The van der Waals surface area contributed by atoms with Gasteiger partial charge in [-0.25, -0.2) is 15.0 Å². The first-order valence-electron chi connectivity index (χ1n) is 8.67. The molecule has 0 aliphatic carbocycles. The highest BCUT2D eigenvalue weighted by atomic mass is 15.0. The molecule has 3 aromatic rings. The molecule has 1 heterocycles. The van der Waals surface area contributed by atoms with Gasteiger partial charge in [-0.05, 0) is 24.0 Å². The lowest BCUT2D eigenvalue weighted by atomic mass is 10.1. The lowest BCUT2D eigenvalue weighted by Crippen LogP contribution is -1.95. The Hall–Kier alpha value is -2.55. The van der Waals surface area contributed by atoms with Gasteiger partial charge in [-0.1, -0.05) is 75.2 Å². The smallest absolute Gasteiger partial charge is 0.163 e. The number of benzene rings is 2. The number of nitrogens with zero attached hydrogens (tertiary/aromatic N) is 3. The summed E-state index contributed by atoms with van der Waals surface area (Å²) in [5, 5.41) is 0. The van der Waals surface area contributed by atoms with E-state index in [9.17, 15) is 0 Å². The van der Waals surface area contributed by atoms with Gasteiger partial charge in [0.1, 0.15) is 6.33 Å². The van der Waals surface area contributed by atoms with Gasteiger partial charge in [0.25, 0.3) is 0 Å². The van der Waals surface area contributed by atoms with Crippen LogP contribution in [-0.4, -0.2) is 15.0 Å². The molecule has 3 heteroatoms. The van der Waals surface area contributed by atoms with Crippen molar-refractivity contribution in [1.29, 1.82) is 0 Å². The molecule has 0 radical (unpaired) electrons. The van der Waals surface area contributed by atoms with E-state index >= 15 is 0 Å². The number of rotatable bonds is 6. The zero-order valence-electron chi connectivity index (χ0n) is 14.4. The minimum absolute atomic E-state index is 0.723. The summed E-state index contributed by atoms with van der Waals surface area (Å²) in [7, 11) is 0. The fraction of sp³-hybridized carbons (Fsp3) is 0.286. The van der Waals surface area contributed by atoms with E-state index in [1.165, 1.54) is 11.1 Å². The van der Waals surface area contributed by atoms with Crippen molar-refractivity contribution < 1.29 is 0 Å². The summed E-state index contributed by atoms with van der Waals surface area (Å²) in [6.45, 7) is 4.38. The molecule has 122 valence electrons. The van der Waals surface area contributed by atoms with Crippen LogP contribution in [0.15, 0.2) is 54.9 Å². The minimum Gasteiger partial charge on any atom is -0.217 e. The molecular formula is C21H23N3. The first kappa shape index (κ1) is 16.3.